The Bertz CT molecular complexity index is 601. The predicted octanol–water partition coefficient (Wildman–Crippen LogP) is 2.93. The molecule has 0 aliphatic carbocycles. The molecule has 0 aliphatic heterocycles. The summed E-state index contributed by atoms with van der Waals surface area (Å²) in [5.74, 6) is -0.323. The van der Waals surface area contributed by atoms with Crippen molar-refractivity contribution in [2.75, 3.05) is 7.11 Å². The van der Waals surface area contributed by atoms with Crippen molar-refractivity contribution in [3.05, 3.63) is 35.0 Å². The van der Waals surface area contributed by atoms with Gasteiger partial charge in [-0.05, 0) is 24.3 Å². The molecular weight excluding hydrogens is 242 g/mol. The number of aromatic amines is 1. The van der Waals surface area contributed by atoms with Gasteiger partial charge in [0, 0.05) is 22.5 Å². The molecule has 0 unspecified atom stereocenters. The number of carboxylic acids is 1. The molecule has 4 nitrogen and oxygen atoms in total. The summed E-state index contributed by atoms with van der Waals surface area (Å²) >= 11 is 6.01. The topological polar surface area (TPSA) is 62.3 Å². The molecule has 0 fully saturated rings. The van der Waals surface area contributed by atoms with E-state index in [0.29, 0.717) is 16.5 Å². The van der Waals surface area contributed by atoms with E-state index in [1.54, 1.807) is 19.2 Å². The van der Waals surface area contributed by atoms with Gasteiger partial charge in [0.25, 0.3) is 0 Å². The van der Waals surface area contributed by atoms with E-state index in [1.165, 1.54) is 6.08 Å². The van der Waals surface area contributed by atoms with Gasteiger partial charge in [0.2, 0.25) is 0 Å². The van der Waals surface area contributed by atoms with Gasteiger partial charge in [-0.25, -0.2) is 4.79 Å². The molecule has 0 amide bonds. The van der Waals surface area contributed by atoms with Crippen LogP contribution in [0.2, 0.25) is 5.15 Å². The van der Waals surface area contributed by atoms with Crippen molar-refractivity contribution in [3.8, 4) is 5.75 Å². The number of carboxylic acid groups (broad SMARTS) is 1. The molecule has 0 spiro atoms. The molecule has 88 valence electrons. The molecule has 0 aliphatic rings. The summed E-state index contributed by atoms with van der Waals surface area (Å²) in [5.41, 5.74) is 1.48. The van der Waals surface area contributed by atoms with E-state index in [4.69, 9.17) is 21.4 Å². The number of carbonyl (C=O) groups is 1. The Morgan fingerprint density at radius 2 is 2.29 bits per heavy atom. The Hall–Kier alpha value is -1.94. The van der Waals surface area contributed by atoms with E-state index in [1.807, 2.05) is 6.07 Å². The predicted molar refractivity (Wildman–Crippen MR) is 66.5 cm³/mol. The van der Waals surface area contributed by atoms with Gasteiger partial charge in [-0.1, -0.05) is 11.6 Å². The van der Waals surface area contributed by atoms with Crippen molar-refractivity contribution in [3.63, 3.8) is 0 Å². The summed E-state index contributed by atoms with van der Waals surface area (Å²) in [6, 6.07) is 5.44. The van der Waals surface area contributed by atoms with Crippen LogP contribution in [-0.2, 0) is 4.79 Å². The number of nitrogens with one attached hydrogen (secondary N) is 1. The van der Waals surface area contributed by atoms with Crippen LogP contribution in [0.25, 0.3) is 17.0 Å². The highest BCUT2D eigenvalue weighted by atomic mass is 35.5. The lowest BCUT2D eigenvalue weighted by Crippen LogP contribution is -1.85. The molecule has 1 heterocycles. The summed E-state index contributed by atoms with van der Waals surface area (Å²) in [7, 11) is 1.57. The first-order chi connectivity index (χ1) is 8.11. The molecule has 2 aromatic rings. The normalized spacial score (nSPS) is 11.2. The van der Waals surface area contributed by atoms with E-state index in [2.05, 4.69) is 4.98 Å². The van der Waals surface area contributed by atoms with Gasteiger partial charge in [0.1, 0.15) is 10.9 Å². The van der Waals surface area contributed by atoms with Crippen molar-refractivity contribution in [1.82, 2.24) is 4.98 Å². The zero-order valence-electron chi connectivity index (χ0n) is 9.03. The zero-order valence-corrected chi connectivity index (χ0v) is 9.78. The third kappa shape index (κ3) is 2.26. The molecular formula is C12H10ClNO3. The minimum Gasteiger partial charge on any atom is -0.497 e. The lowest BCUT2D eigenvalue weighted by atomic mass is 10.1. The summed E-state index contributed by atoms with van der Waals surface area (Å²) < 4.78 is 5.11. The van der Waals surface area contributed by atoms with Crippen LogP contribution >= 0.6 is 11.6 Å². The zero-order chi connectivity index (χ0) is 12.4. The number of aromatic nitrogens is 1. The van der Waals surface area contributed by atoms with Gasteiger partial charge < -0.3 is 14.8 Å². The monoisotopic (exact) mass is 251 g/mol. The van der Waals surface area contributed by atoms with Crippen molar-refractivity contribution < 1.29 is 14.6 Å². The number of H-pyrrole nitrogens is 1. The molecule has 1 aromatic heterocycles. The van der Waals surface area contributed by atoms with Crippen LogP contribution in [0, 0.1) is 0 Å². The average Bonchev–Trinajstić information content (AvgIpc) is 2.61. The molecule has 2 rings (SSSR count). The van der Waals surface area contributed by atoms with Gasteiger partial charge in [-0.15, -0.1) is 0 Å². The summed E-state index contributed by atoms with van der Waals surface area (Å²) in [6.45, 7) is 0. The van der Waals surface area contributed by atoms with Crippen LogP contribution in [0.4, 0.5) is 0 Å². The quantitative estimate of drug-likeness (QED) is 0.825. The molecule has 0 radical (unpaired) electrons. The second-order valence-electron chi connectivity index (χ2n) is 3.44. The number of aliphatic carboxylic acids is 1. The molecule has 5 heteroatoms. The van der Waals surface area contributed by atoms with Gasteiger partial charge in [0.05, 0.1) is 7.11 Å². The maximum atomic E-state index is 10.5. The van der Waals surface area contributed by atoms with Crippen LogP contribution in [-0.4, -0.2) is 23.2 Å². The van der Waals surface area contributed by atoms with Crippen LogP contribution in [0.3, 0.4) is 0 Å². The van der Waals surface area contributed by atoms with E-state index >= 15 is 0 Å². The standard InChI is InChI=1S/C12H10ClNO3/c1-17-7-2-4-10-9(6-7)8(12(13)14-10)3-5-11(15)16/h2-6,14H,1H3,(H,15,16)/b5-3+. The third-order valence-electron chi connectivity index (χ3n) is 2.39. The van der Waals surface area contributed by atoms with Crippen LogP contribution in [0.5, 0.6) is 5.75 Å². The fourth-order valence-corrected chi connectivity index (χ4v) is 1.87. The van der Waals surface area contributed by atoms with Gasteiger partial charge >= 0.3 is 5.97 Å². The Labute approximate surface area is 102 Å². The van der Waals surface area contributed by atoms with E-state index in [0.717, 1.165) is 17.0 Å². The first kappa shape index (κ1) is 11.5. The fraction of sp³-hybridized carbons (Fsp3) is 0.0833. The number of rotatable bonds is 3. The first-order valence-electron chi connectivity index (χ1n) is 4.88. The number of benzene rings is 1. The Morgan fingerprint density at radius 3 is 2.94 bits per heavy atom. The Morgan fingerprint density at radius 1 is 1.53 bits per heavy atom. The smallest absolute Gasteiger partial charge is 0.328 e. The second-order valence-corrected chi connectivity index (χ2v) is 3.81. The maximum Gasteiger partial charge on any atom is 0.328 e. The minimum atomic E-state index is -1.02. The molecule has 17 heavy (non-hydrogen) atoms. The number of hydrogen-bond donors (Lipinski definition) is 2. The molecule has 0 saturated carbocycles. The molecule has 0 bridgehead atoms. The minimum absolute atomic E-state index is 0.408. The lowest BCUT2D eigenvalue weighted by molar-refractivity contribution is -0.131. The van der Waals surface area contributed by atoms with E-state index < -0.39 is 5.97 Å². The van der Waals surface area contributed by atoms with Gasteiger partial charge in [-0.2, -0.15) is 0 Å². The van der Waals surface area contributed by atoms with E-state index in [9.17, 15) is 4.79 Å². The number of halogens is 1. The van der Waals surface area contributed by atoms with Crippen molar-refractivity contribution in [1.29, 1.82) is 0 Å². The lowest BCUT2D eigenvalue weighted by Gasteiger charge is -1.99. The number of ether oxygens (including phenoxy) is 1. The van der Waals surface area contributed by atoms with Crippen molar-refractivity contribution in [2.24, 2.45) is 0 Å². The average molecular weight is 252 g/mol. The van der Waals surface area contributed by atoms with Crippen LogP contribution in [0.1, 0.15) is 5.56 Å². The fourth-order valence-electron chi connectivity index (χ4n) is 1.60. The summed E-state index contributed by atoms with van der Waals surface area (Å²) in [6.07, 6.45) is 2.51. The molecule has 2 N–H and O–H groups in total. The van der Waals surface area contributed by atoms with Gasteiger partial charge in [-0.3, -0.25) is 0 Å². The summed E-state index contributed by atoms with van der Waals surface area (Å²) in [4.78, 5) is 13.5. The molecule has 0 atom stereocenters. The SMILES string of the molecule is COc1ccc2[nH]c(Cl)c(/C=C/C(=O)O)c2c1. The Balaban J connectivity index is 2.60. The molecule has 0 saturated heterocycles. The van der Waals surface area contributed by atoms with Gasteiger partial charge in [0.15, 0.2) is 0 Å². The van der Waals surface area contributed by atoms with E-state index in [-0.39, 0.29) is 0 Å². The summed E-state index contributed by atoms with van der Waals surface area (Å²) in [5, 5.41) is 9.85. The van der Waals surface area contributed by atoms with Crippen molar-refractivity contribution in [2.45, 2.75) is 0 Å². The number of fused-ring (bicyclic) bond motifs is 1. The van der Waals surface area contributed by atoms with Crippen molar-refractivity contribution >= 4 is 34.5 Å². The number of methoxy groups -OCH3 is 1. The molecule has 1 aromatic carbocycles. The highest BCUT2D eigenvalue weighted by Gasteiger charge is 2.08. The second kappa shape index (κ2) is 4.51. The highest BCUT2D eigenvalue weighted by Crippen LogP contribution is 2.30. The Kier molecular flexibility index (Phi) is 3.06. The first-order valence-corrected chi connectivity index (χ1v) is 5.26. The number of hydrogen-bond acceptors (Lipinski definition) is 2. The van der Waals surface area contributed by atoms with Crippen LogP contribution < -0.4 is 4.74 Å². The highest BCUT2D eigenvalue weighted by molar-refractivity contribution is 6.32. The van der Waals surface area contributed by atoms with Crippen LogP contribution in [0.15, 0.2) is 24.3 Å². The maximum absolute atomic E-state index is 10.5. The largest absolute Gasteiger partial charge is 0.497 e. The third-order valence-corrected chi connectivity index (χ3v) is 2.69.